The van der Waals surface area contributed by atoms with E-state index in [-0.39, 0.29) is 0 Å². The number of hydrogen-bond donors (Lipinski definition) is 1. The molecule has 2 unspecified atom stereocenters. The number of nitrogens with zero attached hydrogens (tertiary/aromatic N) is 2. The lowest BCUT2D eigenvalue weighted by Gasteiger charge is -2.25. The van der Waals surface area contributed by atoms with Gasteiger partial charge in [0.15, 0.2) is 0 Å². The summed E-state index contributed by atoms with van der Waals surface area (Å²) in [5, 5.41) is 3.73. The zero-order valence-electron chi connectivity index (χ0n) is 12.7. The van der Waals surface area contributed by atoms with Crippen LogP contribution in [0.4, 0.5) is 0 Å². The first kappa shape index (κ1) is 14.7. The van der Waals surface area contributed by atoms with Crippen LogP contribution in [0, 0.1) is 0 Å². The third-order valence-corrected chi connectivity index (χ3v) is 5.33. The van der Waals surface area contributed by atoms with Gasteiger partial charge in [0.05, 0.1) is 6.04 Å². The van der Waals surface area contributed by atoms with E-state index in [9.17, 15) is 0 Å². The molecule has 0 aliphatic carbocycles. The van der Waals surface area contributed by atoms with Gasteiger partial charge < -0.3 is 9.88 Å². The molecule has 1 aromatic heterocycles. The molecule has 1 aliphatic heterocycles. The monoisotopic (exact) mass is 301 g/mol. The standard InChI is InChI=1S/C17H23N3S/c1-3-9-18-16(17-19-10-11-20(17)4-2)14-12-21-15-8-6-5-7-13(14)15/h5-8,10-11,14,16,18H,3-4,9,12H2,1-2H3. The lowest BCUT2D eigenvalue weighted by atomic mass is 9.92. The molecule has 2 atom stereocenters. The predicted octanol–water partition coefficient (Wildman–Crippen LogP) is 3.83. The molecule has 2 aromatic rings. The smallest absolute Gasteiger partial charge is 0.126 e. The van der Waals surface area contributed by atoms with Crippen LogP contribution in [-0.4, -0.2) is 21.8 Å². The topological polar surface area (TPSA) is 29.9 Å². The van der Waals surface area contributed by atoms with E-state index in [2.05, 4.69) is 59.2 Å². The van der Waals surface area contributed by atoms with Crippen LogP contribution in [0.5, 0.6) is 0 Å². The summed E-state index contributed by atoms with van der Waals surface area (Å²) in [4.78, 5) is 6.08. The molecule has 0 saturated carbocycles. The summed E-state index contributed by atoms with van der Waals surface area (Å²) in [6.45, 7) is 6.40. The predicted molar refractivity (Wildman–Crippen MR) is 88.8 cm³/mol. The minimum Gasteiger partial charge on any atom is -0.334 e. The second-order valence-corrected chi connectivity index (χ2v) is 6.52. The largest absolute Gasteiger partial charge is 0.334 e. The fraction of sp³-hybridized carbons (Fsp3) is 0.471. The van der Waals surface area contributed by atoms with E-state index in [0.717, 1.165) is 25.3 Å². The van der Waals surface area contributed by atoms with E-state index in [0.29, 0.717) is 12.0 Å². The van der Waals surface area contributed by atoms with Gasteiger partial charge in [-0.3, -0.25) is 0 Å². The third kappa shape index (κ3) is 2.87. The molecule has 4 heteroatoms. The Morgan fingerprint density at radius 2 is 2.24 bits per heavy atom. The molecule has 21 heavy (non-hydrogen) atoms. The van der Waals surface area contributed by atoms with E-state index < -0.39 is 0 Å². The highest BCUT2D eigenvalue weighted by atomic mass is 32.2. The van der Waals surface area contributed by atoms with Gasteiger partial charge in [0, 0.05) is 35.5 Å². The molecule has 2 heterocycles. The van der Waals surface area contributed by atoms with Crippen LogP contribution in [0.25, 0.3) is 0 Å². The van der Waals surface area contributed by atoms with Crippen molar-refractivity contribution in [3.8, 4) is 0 Å². The number of nitrogens with one attached hydrogen (secondary N) is 1. The quantitative estimate of drug-likeness (QED) is 0.879. The Morgan fingerprint density at radius 3 is 3.05 bits per heavy atom. The zero-order valence-corrected chi connectivity index (χ0v) is 13.6. The molecule has 0 saturated heterocycles. The molecule has 0 amide bonds. The van der Waals surface area contributed by atoms with Crippen LogP contribution in [0.15, 0.2) is 41.6 Å². The highest BCUT2D eigenvalue weighted by Gasteiger charge is 2.33. The van der Waals surface area contributed by atoms with Gasteiger partial charge in [-0.25, -0.2) is 4.98 Å². The summed E-state index contributed by atoms with van der Waals surface area (Å²) < 4.78 is 2.26. The number of imidazole rings is 1. The summed E-state index contributed by atoms with van der Waals surface area (Å²) in [6.07, 6.45) is 5.16. The lowest BCUT2D eigenvalue weighted by molar-refractivity contribution is 0.434. The van der Waals surface area contributed by atoms with Gasteiger partial charge in [-0.05, 0) is 31.5 Å². The van der Waals surface area contributed by atoms with Crippen molar-refractivity contribution >= 4 is 11.8 Å². The van der Waals surface area contributed by atoms with E-state index in [1.54, 1.807) is 0 Å². The molecule has 1 aliphatic rings. The van der Waals surface area contributed by atoms with Gasteiger partial charge in [0.1, 0.15) is 5.82 Å². The van der Waals surface area contributed by atoms with Crippen molar-refractivity contribution in [1.82, 2.24) is 14.9 Å². The van der Waals surface area contributed by atoms with Crippen molar-refractivity contribution < 1.29 is 0 Å². The molecule has 1 N–H and O–H groups in total. The van der Waals surface area contributed by atoms with Gasteiger partial charge in [-0.2, -0.15) is 0 Å². The number of rotatable bonds is 6. The first-order valence-electron chi connectivity index (χ1n) is 7.81. The van der Waals surface area contributed by atoms with E-state index >= 15 is 0 Å². The number of aromatic nitrogens is 2. The van der Waals surface area contributed by atoms with Crippen molar-refractivity contribution in [2.24, 2.45) is 0 Å². The Labute approximate surface area is 131 Å². The molecule has 0 spiro atoms. The van der Waals surface area contributed by atoms with E-state index in [1.165, 1.54) is 16.3 Å². The zero-order chi connectivity index (χ0) is 14.7. The van der Waals surface area contributed by atoms with Gasteiger partial charge in [-0.1, -0.05) is 25.1 Å². The van der Waals surface area contributed by atoms with Crippen LogP contribution < -0.4 is 5.32 Å². The van der Waals surface area contributed by atoms with Gasteiger partial charge >= 0.3 is 0 Å². The van der Waals surface area contributed by atoms with Crippen LogP contribution in [0.3, 0.4) is 0 Å². The molecule has 3 rings (SSSR count). The average molecular weight is 301 g/mol. The number of benzene rings is 1. The van der Waals surface area contributed by atoms with Crippen molar-refractivity contribution in [2.75, 3.05) is 12.3 Å². The van der Waals surface area contributed by atoms with Crippen molar-refractivity contribution in [1.29, 1.82) is 0 Å². The summed E-state index contributed by atoms with van der Waals surface area (Å²) in [5.41, 5.74) is 1.47. The first-order chi connectivity index (χ1) is 10.3. The Bertz CT molecular complexity index is 593. The molecule has 1 aromatic carbocycles. The molecule has 0 radical (unpaired) electrons. The number of fused-ring (bicyclic) bond motifs is 1. The number of hydrogen-bond acceptors (Lipinski definition) is 3. The Morgan fingerprint density at radius 1 is 1.38 bits per heavy atom. The fourth-order valence-corrected chi connectivity index (χ4v) is 4.34. The highest BCUT2D eigenvalue weighted by molar-refractivity contribution is 7.99. The van der Waals surface area contributed by atoms with E-state index in [4.69, 9.17) is 0 Å². The van der Waals surface area contributed by atoms with Crippen LogP contribution in [0.2, 0.25) is 0 Å². The minimum absolute atomic E-state index is 0.302. The molecule has 0 bridgehead atoms. The maximum Gasteiger partial charge on any atom is 0.126 e. The number of aryl methyl sites for hydroxylation is 1. The van der Waals surface area contributed by atoms with Crippen molar-refractivity contribution in [3.05, 3.63) is 48.0 Å². The maximum absolute atomic E-state index is 4.65. The van der Waals surface area contributed by atoms with Crippen LogP contribution >= 0.6 is 11.8 Å². The average Bonchev–Trinajstić information content (AvgIpc) is 3.15. The summed E-state index contributed by atoms with van der Waals surface area (Å²) in [6, 6.07) is 9.11. The molecular formula is C17H23N3S. The van der Waals surface area contributed by atoms with Gasteiger partial charge in [-0.15, -0.1) is 11.8 Å². The van der Waals surface area contributed by atoms with Crippen molar-refractivity contribution in [3.63, 3.8) is 0 Å². The van der Waals surface area contributed by atoms with Crippen LogP contribution in [-0.2, 0) is 6.54 Å². The highest BCUT2D eigenvalue weighted by Crippen LogP contribution is 2.45. The van der Waals surface area contributed by atoms with E-state index in [1.807, 2.05) is 18.0 Å². The number of thioether (sulfide) groups is 1. The third-order valence-electron chi connectivity index (χ3n) is 4.12. The Balaban J connectivity index is 1.94. The molecule has 112 valence electrons. The second-order valence-electron chi connectivity index (χ2n) is 5.46. The maximum atomic E-state index is 4.65. The second kappa shape index (κ2) is 6.67. The Kier molecular flexibility index (Phi) is 4.66. The SMILES string of the molecule is CCCNC(c1nccn1CC)C1CSc2ccccc21. The lowest BCUT2D eigenvalue weighted by Crippen LogP contribution is -2.30. The van der Waals surface area contributed by atoms with Crippen LogP contribution in [0.1, 0.15) is 43.6 Å². The molecular weight excluding hydrogens is 278 g/mol. The van der Waals surface area contributed by atoms with Crippen molar-refractivity contribution in [2.45, 2.75) is 43.7 Å². The normalized spacial score (nSPS) is 18.7. The summed E-state index contributed by atoms with van der Waals surface area (Å²) in [5.74, 6) is 2.82. The van der Waals surface area contributed by atoms with Gasteiger partial charge in [0.2, 0.25) is 0 Å². The minimum atomic E-state index is 0.302. The molecule has 3 nitrogen and oxygen atoms in total. The fourth-order valence-electron chi connectivity index (χ4n) is 3.04. The van der Waals surface area contributed by atoms with Gasteiger partial charge in [0.25, 0.3) is 0 Å². The Hall–Kier alpha value is -1.26. The molecule has 0 fully saturated rings. The summed E-state index contributed by atoms with van der Waals surface area (Å²) >= 11 is 1.97. The first-order valence-corrected chi connectivity index (χ1v) is 8.79. The summed E-state index contributed by atoms with van der Waals surface area (Å²) in [7, 11) is 0.